The molecule has 0 heterocycles. The number of phenols is 1. The van der Waals surface area contributed by atoms with Gasteiger partial charge in [0.05, 0.1) is 17.5 Å². The molecular formula is C32H36N4O8. The summed E-state index contributed by atoms with van der Waals surface area (Å²) in [6, 6.07) is 8.63. The van der Waals surface area contributed by atoms with Crippen LogP contribution in [0.4, 0.5) is 0 Å². The minimum absolute atomic E-state index is 0.0483. The molecule has 12 nitrogen and oxygen atoms in total. The lowest BCUT2D eigenvalue weighted by Gasteiger charge is -2.52. The molecule has 0 aliphatic heterocycles. The highest BCUT2D eigenvalue weighted by Crippen LogP contribution is 2.51. The quantitative estimate of drug-likeness (QED) is 0.309. The van der Waals surface area contributed by atoms with Crippen molar-refractivity contribution in [1.82, 2.24) is 15.1 Å². The molecule has 0 aromatic heterocycles. The van der Waals surface area contributed by atoms with E-state index in [1.165, 1.54) is 25.1 Å². The van der Waals surface area contributed by atoms with E-state index >= 15 is 0 Å². The lowest BCUT2D eigenvalue weighted by atomic mass is 9.52. The zero-order chi connectivity index (χ0) is 32.2. The lowest BCUT2D eigenvalue weighted by Crippen LogP contribution is -2.74. The van der Waals surface area contributed by atoms with Gasteiger partial charge in [-0.15, -0.1) is 0 Å². The van der Waals surface area contributed by atoms with Crippen molar-refractivity contribution in [2.75, 3.05) is 41.3 Å². The fraction of sp³-hybridized carbons (Fsp3) is 0.438. The topological polar surface area (TPSA) is 187 Å². The lowest BCUT2D eigenvalue weighted by molar-refractivity contribution is -0.181. The Morgan fingerprint density at radius 3 is 2.39 bits per heavy atom. The van der Waals surface area contributed by atoms with Crippen molar-refractivity contribution >= 4 is 34.9 Å². The smallest absolute Gasteiger partial charge is 0.251 e. The summed E-state index contributed by atoms with van der Waals surface area (Å²) in [5, 5.41) is 25.4. The number of aliphatic hydroxyl groups is 1. The number of Topliss-reactive ketones (excluding diaryl/α,β-unsaturated/α-hetero) is 4. The third kappa shape index (κ3) is 4.83. The molecule has 232 valence electrons. The van der Waals surface area contributed by atoms with Crippen LogP contribution in [0.2, 0.25) is 0 Å². The van der Waals surface area contributed by atoms with E-state index in [4.69, 9.17) is 5.73 Å². The number of ketones is 4. The Morgan fingerprint density at radius 2 is 1.75 bits per heavy atom. The second-order valence-electron chi connectivity index (χ2n) is 12.4. The molecule has 2 fully saturated rings. The Morgan fingerprint density at radius 1 is 1.05 bits per heavy atom. The molecule has 6 unspecified atom stereocenters. The first-order valence-electron chi connectivity index (χ1n) is 14.4. The van der Waals surface area contributed by atoms with Gasteiger partial charge in [0, 0.05) is 24.6 Å². The first-order chi connectivity index (χ1) is 20.7. The maximum absolute atomic E-state index is 14.0. The van der Waals surface area contributed by atoms with Gasteiger partial charge in [-0.05, 0) is 81.8 Å². The fourth-order valence-corrected chi connectivity index (χ4v) is 7.20. The first-order valence-corrected chi connectivity index (χ1v) is 14.4. The van der Waals surface area contributed by atoms with Crippen molar-refractivity contribution in [1.29, 1.82) is 0 Å². The summed E-state index contributed by atoms with van der Waals surface area (Å²) in [5.74, 6) is -11.3. The number of nitrogens with zero attached hydrogens (tertiary/aromatic N) is 2. The molecule has 3 aliphatic rings. The van der Waals surface area contributed by atoms with E-state index in [-0.39, 0.29) is 30.1 Å². The molecule has 5 N–H and O–H groups in total. The van der Waals surface area contributed by atoms with Crippen molar-refractivity contribution in [2.45, 2.75) is 24.5 Å². The predicted molar refractivity (Wildman–Crippen MR) is 158 cm³/mol. The summed E-state index contributed by atoms with van der Waals surface area (Å²) in [4.78, 5) is 83.1. The van der Waals surface area contributed by atoms with Gasteiger partial charge in [-0.2, -0.15) is 0 Å². The Hall–Kier alpha value is -4.26. The van der Waals surface area contributed by atoms with Crippen LogP contribution < -0.4 is 11.1 Å². The van der Waals surface area contributed by atoms with Gasteiger partial charge in [-0.3, -0.25) is 33.7 Å². The van der Waals surface area contributed by atoms with Gasteiger partial charge in [0.2, 0.25) is 5.91 Å². The van der Waals surface area contributed by atoms with E-state index in [1.807, 2.05) is 19.0 Å². The zero-order valence-electron chi connectivity index (χ0n) is 25.0. The molecule has 0 spiro atoms. The maximum Gasteiger partial charge on any atom is 0.251 e. The standard InChI is InChI=1S/C32H36N4O8/c1-35(2)11-10-34-31(43)16-7-5-6-15(12-16)18-8-9-21(37)23-19(18)13-17-14-20-25(36(3)4)27(39)24(30(33)42)29(41)32(20,44)28(40)22(17)26(23)38/h5-9,12,17,20,22,24-25,37,44H,10-11,13-14H2,1-4H3,(H2,33,42)(H,34,43). The van der Waals surface area contributed by atoms with Crippen LogP contribution in [0.3, 0.4) is 0 Å². The normalized spacial score (nSPS) is 28.0. The molecule has 12 heteroatoms. The largest absolute Gasteiger partial charge is 0.507 e. The Balaban J connectivity index is 1.56. The van der Waals surface area contributed by atoms with E-state index in [9.17, 15) is 39.0 Å². The van der Waals surface area contributed by atoms with E-state index in [0.717, 1.165) is 0 Å². The Kier molecular flexibility index (Phi) is 8.04. The number of hydrogen-bond donors (Lipinski definition) is 4. The van der Waals surface area contributed by atoms with Crippen LogP contribution in [0.15, 0.2) is 36.4 Å². The monoisotopic (exact) mass is 604 g/mol. The molecule has 44 heavy (non-hydrogen) atoms. The summed E-state index contributed by atoms with van der Waals surface area (Å²) in [6.45, 7) is 1.11. The number of nitrogens with two attached hydrogens (primary N) is 1. The van der Waals surface area contributed by atoms with Crippen LogP contribution in [0.5, 0.6) is 5.75 Å². The summed E-state index contributed by atoms with van der Waals surface area (Å²) in [6.07, 6.45) is 0.0716. The number of primary amides is 1. The molecule has 3 aliphatic carbocycles. The van der Waals surface area contributed by atoms with E-state index in [0.29, 0.717) is 35.3 Å². The molecule has 2 saturated carbocycles. The summed E-state index contributed by atoms with van der Waals surface area (Å²) in [7, 11) is 6.87. The van der Waals surface area contributed by atoms with Crippen molar-refractivity contribution in [3.63, 3.8) is 0 Å². The van der Waals surface area contributed by atoms with Crippen LogP contribution in [-0.2, 0) is 25.6 Å². The third-order valence-electron chi connectivity index (χ3n) is 9.23. The SMILES string of the molecule is CN(C)CCNC(=O)c1cccc(-c2ccc(O)c3c2CC2CC4C(N(C)C)C(=O)C(C(N)=O)C(=O)C4(O)C(=O)C2C3=O)c1. The van der Waals surface area contributed by atoms with Gasteiger partial charge in [-0.1, -0.05) is 18.2 Å². The van der Waals surface area contributed by atoms with Crippen molar-refractivity contribution in [2.24, 2.45) is 29.4 Å². The number of nitrogens with one attached hydrogen (secondary N) is 1. The molecule has 2 aromatic carbocycles. The number of amides is 2. The number of benzene rings is 2. The van der Waals surface area contributed by atoms with Crippen molar-refractivity contribution < 1.29 is 39.0 Å². The molecule has 0 bridgehead atoms. The van der Waals surface area contributed by atoms with Gasteiger partial charge < -0.3 is 26.2 Å². The minimum atomic E-state index is -2.78. The average molecular weight is 605 g/mol. The maximum atomic E-state index is 14.0. The van der Waals surface area contributed by atoms with E-state index < -0.39 is 64.4 Å². The highest BCUT2D eigenvalue weighted by Gasteiger charge is 2.69. The number of hydrogen-bond acceptors (Lipinski definition) is 10. The van der Waals surface area contributed by atoms with Crippen LogP contribution in [0, 0.1) is 23.7 Å². The van der Waals surface area contributed by atoms with Gasteiger partial charge in [0.25, 0.3) is 5.91 Å². The van der Waals surface area contributed by atoms with Crippen LogP contribution in [0.1, 0.15) is 32.7 Å². The van der Waals surface area contributed by atoms with Gasteiger partial charge in [0.1, 0.15) is 5.75 Å². The number of carbonyl (C=O) groups excluding carboxylic acids is 6. The second kappa shape index (κ2) is 11.3. The molecular weight excluding hydrogens is 568 g/mol. The number of carbonyl (C=O) groups is 6. The van der Waals surface area contributed by atoms with Crippen LogP contribution in [0.25, 0.3) is 11.1 Å². The Labute approximate surface area is 254 Å². The van der Waals surface area contributed by atoms with Gasteiger partial charge in [0.15, 0.2) is 34.7 Å². The van der Waals surface area contributed by atoms with Crippen LogP contribution in [-0.4, -0.2) is 108 Å². The van der Waals surface area contributed by atoms with Gasteiger partial charge in [-0.25, -0.2) is 0 Å². The molecule has 2 amide bonds. The second-order valence-corrected chi connectivity index (χ2v) is 12.4. The van der Waals surface area contributed by atoms with E-state index in [1.54, 1.807) is 30.3 Å². The molecule has 0 radical (unpaired) electrons. The van der Waals surface area contributed by atoms with E-state index in [2.05, 4.69) is 5.32 Å². The van der Waals surface area contributed by atoms with Gasteiger partial charge >= 0.3 is 0 Å². The zero-order valence-corrected chi connectivity index (χ0v) is 25.0. The number of rotatable bonds is 7. The Bertz CT molecular complexity index is 1600. The highest BCUT2D eigenvalue weighted by atomic mass is 16.3. The number of aromatic hydroxyl groups is 1. The number of phenolic OH excluding ortho intramolecular Hbond substituents is 1. The summed E-state index contributed by atoms with van der Waals surface area (Å²) >= 11 is 0. The molecule has 5 rings (SSSR count). The predicted octanol–water partition coefficient (Wildman–Crippen LogP) is -0.175. The summed E-state index contributed by atoms with van der Waals surface area (Å²) in [5.41, 5.74) is 4.54. The average Bonchev–Trinajstić information content (AvgIpc) is 2.94. The molecule has 6 atom stereocenters. The summed E-state index contributed by atoms with van der Waals surface area (Å²) < 4.78 is 0. The number of likely N-dealkylation sites (N-methyl/N-ethyl adjacent to an activating group) is 2. The van der Waals surface area contributed by atoms with Crippen LogP contribution >= 0.6 is 0 Å². The molecule has 0 saturated heterocycles. The molecule has 2 aromatic rings. The fourth-order valence-electron chi connectivity index (χ4n) is 7.20. The van der Waals surface area contributed by atoms with Crippen molar-refractivity contribution in [3.05, 3.63) is 53.1 Å². The first kappa shape index (κ1) is 31.2. The number of fused-ring (bicyclic) bond motifs is 3. The highest BCUT2D eigenvalue weighted by molar-refractivity contribution is 6.32. The minimum Gasteiger partial charge on any atom is -0.507 e. The van der Waals surface area contributed by atoms with Crippen molar-refractivity contribution in [3.8, 4) is 16.9 Å². The third-order valence-corrected chi connectivity index (χ3v) is 9.23.